The topological polar surface area (TPSA) is 46.2 Å². The van der Waals surface area contributed by atoms with Gasteiger partial charge in [0.1, 0.15) is 5.21 Å². The first-order chi connectivity index (χ1) is 6.14. The molecule has 0 spiro atoms. The molecule has 1 rings (SSSR count). The molecule has 3 nitrogen and oxygen atoms in total. The monoisotopic (exact) mass is 239 g/mol. The average Bonchev–Trinajstić information content (AvgIpc) is 2.57. The maximum atomic E-state index is 10.9. The molecule has 1 N–H and O–H groups in total. The highest BCUT2D eigenvalue weighted by molar-refractivity contribution is 7.90. The number of sulfonamides is 1. The first-order valence-corrected chi connectivity index (χ1v) is 6.81. The third kappa shape index (κ3) is 4.08. The van der Waals surface area contributed by atoms with Crippen molar-refractivity contribution in [2.24, 2.45) is 0 Å². The smallest absolute Gasteiger partial charge is 0.214 e. The summed E-state index contributed by atoms with van der Waals surface area (Å²) in [6.45, 7) is 0.409. The average molecular weight is 240 g/mol. The van der Waals surface area contributed by atoms with Crippen LogP contribution in [0.3, 0.4) is 0 Å². The number of halogens is 1. The van der Waals surface area contributed by atoms with E-state index in [2.05, 4.69) is 4.72 Å². The zero-order valence-electron chi connectivity index (χ0n) is 6.86. The van der Waals surface area contributed by atoms with Gasteiger partial charge in [0.25, 0.3) is 0 Å². The van der Waals surface area contributed by atoms with E-state index in [1.54, 1.807) is 11.3 Å². The Labute approximate surface area is 86.8 Å². The highest BCUT2D eigenvalue weighted by atomic mass is 35.5. The lowest BCUT2D eigenvalue weighted by molar-refractivity contribution is 0.586. The van der Waals surface area contributed by atoms with Gasteiger partial charge in [0.05, 0.1) is 0 Å². The van der Waals surface area contributed by atoms with Crippen molar-refractivity contribution >= 4 is 33.0 Å². The van der Waals surface area contributed by atoms with Crippen LogP contribution < -0.4 is 4.72 Å². The summed E-state index contributed by atoms with van der Waals surface area (Å²) in [5.74, 6) is 0. The molecule has 1 aromatic rings. The van der Waals surface area contributed by atoms with Crippen molar-refractivity contribution in [2.75, 3.05) is 11.8 Å². The summed E-state index contributed by atoms with van der Waals surface area (Å²) in [4.78, 5) is 0. The largest absolute Gasteiger partial charge is 0.225 e. The second-order valence-electron chi connectivity index (χ2n) is 2.50. The van der Waals surface area contributed by atoms with Crippen LogP contribution in [0, 0.1) is 0 Å². The summed E-state index contributed by atoms with van der Waals surface area (Å²) in [5, 5.41) is 3.58. The van der Waals surface area contributed by atoms with Crippen molar-refractivity contribution in [3.63, 3.8) is 0 Å². The van der Waals surface area contributed by atoms with Crippen molar-refractivity contribution in [2.45, 2.75) is 6.42 Å². The summed E-state index contributed by atoms with van der Waals surface area (Å²) in [6, 6.07) is 1.97. The lowest BCUT2D eigenvalue weighted by Gasteiger charge is -2.01. The van der Waals surface area contributed by atoms with Crippen LogP contribution >= 0.6 is 22.9 Å². The van der Waals surface area contributed by atoms with E-state index in [0.29, 0.717) is 13.0 Å². The molecule has 6 heteroatoms. The second-order valence-corrected chi connectivity index (χ2v) is 5.67. The standard InChI is InChI=1S/C7H10ClNO2S2/c8-6-13(10,11)9-3-1-7-2-4-12-5-7/h2,4-5,9H,1,3,6H2. The fraction of sp³-hybridized carbons (Fsp3) is 0.429. The fourth-order valence-electron chi connectivity index (χ4n) is 0.824. The minimum Gasteiger partial charge on any atom is -0.214 e. The summed E-state index contributed by atoms with van der Waals surface area (Å²) in [6.07, 6.45) is 0.708. The third-order valence-corrected chi connectivity index (χ3v) is 3.98. The minimum absolute atomic E-state index is 0.378. The Morgan fingerprint density at radius 1 is 1.54 bits per heavy atom. The highest BCUT2D eigenvalue weighted by Gasteiger charge is 2.05. The molecule has 0 aliphatic rings. The highest BCUT2D eigenvalue weighted by Crippen LogP contribution is 2.05. The molecule has 0 saturated heterocycles. The van der Waals surface area contributed by atoms with Crippen LogP contribution in [0.25, 0.3) is 0 Å². The lowest BCUT2D eigenvalue weighted by Crippen LogP contribution is -2.26. The summed E-state index contributed by atoms with van der Waals surface area (Å²) < 4.78 is 24.2. The van der Waals surface area contributed by atoms with Crippen LogP contribution in [0.2, 0.25) is 0 Å². The normalized spacial score (nSPS) is 11.8. The van der Waals surface area contributed by atoms with Crippen molar-refractivity contribution < 1.29 is 8.42 Å². The molecule has 0 atom stereocenters. The van der Waals surface area contributed by atoms with Gasteiger partial charge in [-0.05, 0) is 28.8 Å². The molecule has 74 valence electrons. The van der Waals surface area contributed by atoms with Gasteiger partial charge in [-0.2, -0.15) is 11.3 Å². The molecule has 0 aliphatic carbocycles. The Morgan fingerprint density at radius 3 is 2.85 bits per heavy atom. The quantitative estimate of drug-likeness (QED) is 0.790. The summed E-state index contributed by atoms with van der Waals surface area (Å²) in [5.41, 5.74) is 1.14. The minimum atomic E-state index is -3.25. The number of hydrogen-bond acceptors (Lipinski definition) is 3. The Bertz CT molecular complexity index is 333. The van der Waals surface area contributed by atoms with Crippen LogP contribution in [0.1, 0.15) is 5.56 Å². The predicted molar refractivity (Wildman–Crippen MR) is 55.7 cm³/mol. The van der Waals surface area contributed by atoms with Crippen molar-refractivity contribution in [1.29, 1.82) is 0 Å². The number of nitrogens with one attached hydrogen (secondary N) is 1. The fourth-order valence-corrected chi connectivity index (χ4v) is 2.25. The second kappa shape index (κ2) is 4.95. The summed E-state index contributed by atoms with van der Waals surface area (Å²) in [7, 11) is -3.25. The molecule has 13 heavy (non-hydrogen) atoms. The third-order valence-electron chi connectivity index (χ3n) is 1.46. The van der Waals surface area contributed by atoms with Crippen molar-refractivity contribution in [1.82, 2.24) is 4.72 Å². The van der Waals surface area contributed by atoms with E-state index in [0.717, 1.165) is 5.56 Å². The molecule has 0 radical (unpaired) electrons. The molecule has 0 bridgehead atoms. The molecule has 0 amide bonds. The van der Waals surface area contributed by atoms with Gasteiger partial charge >= 0.3 is 0 Å². The summed E-state index contributed by atoms with van der Waals surface area (Å²) >= 11 is 6.81. The first kappa shape index (κ1) is 11.0. The van der Waals surface area contributed by atoms with Gasteiger partial charge in [0.2, 0.25) is 10.0 Å². The van der Waals surface area contributed by atoms with Crippen LogP contribution in [0.5, 0.6) is 0 Å². The molecule has 0 fully saturated rings. The molecular weight excluding hydrogens is 230 g/mol. The zero-order valence-corrected chi connectivity index (χ0v) is 9.25. The van der Waals surface area contributed by atoms with Gasteiger partial charge in [-0.3, -0.25) is 0 Å². The Kier molecular flexibility index (Phi) is 4.18. The number of alkyl halides is 1. The molecule has 1 heterocycles. The number of thiophene rings is 1. The van der Waals surface area contributed by atoms with E-state index >= 15 is 0 Å². The predicted octanol–water partition coefficient (Wildman–Crippen LogP) is 1.41. The van der Waals surface area contributed by atoms with Gasteiger partial charge < -0.3 is 0 Å². The van der Waals surface area contributed by atoms with Crippen LogP contribution in [0.4, 0.5) is 0 Å². The lowest BCUT2D eigenvalue weighted by atomic mass is 10.2. The molecule has 0 aliphatic heterocycles. The Morgan fingerprint density at radius 2 is 2.31 bits per heavy atom. The van der Waals surface area contributed by atoms with Gasteiger partial charge in [-0.25, -0.2) is 13.1 Å². The van der Waals surface area contributed by atoms with Gasteiger partial charge in [-0.1, -0.05) is 0 Å². The molecule has 0 unspecified atom stereocenters. The van der Waals surface area contributed by atoms with E-state index in [4.69, 9.17) is 11.6 Å². The molecule has 0 saturated carbocycles. The Balaban J connectivity index is 2.30. The molecule has 1 aromatic heterocycles. The zero-order chi connectivity index (χ0) is 9.73. The van der Waals surface area contributed by atoms with Crippen molar-refractivity contribution in [3.05, 3.63) is 22.4 Å². The van der Waals surface area contributed by atoms with Gasteiger partial charge in [-0.15, -0.1) is 11.6 Å². The van der Waals surface area contributed by atoms with Crippen LogP contribution in [0.15, 0.2) is 16.8 Å². The van der Waals surface area contributed by atoms with Crippen LogP contribution in [-0.2, 0) is 16.4 Å². The Hall–Kier alpha value is -0.100. The van der Waals surface area contributed by atoms with Gasteiger partial charge in [0.15, 0.2) is 0 Å². The maximum Gasteiger partial charge on any atom is 0.225 e. The van der Waals surface area contributed by atoms with E-state index < -0.39 is 10.0 Å². The van der Waals surface area contributed by atoms with E-state index in [1.807, 2.05) is 16.8 Å². The molecule has 0 aromatic carbocycles. The van der Waals surface area contributed by atoms with Crippen LogP contribution in [-0.4, -0.2) is 20.2 Å². The van der Waals surface area contributed by atoms with E-state index in [9.17, 15) is 8.42 Å². The maximum absolute atomic E-state index is 10.9. The van der Waals surface area contributed by atoms with Gasteiger partial charge in [0, 0.05) is 6.54 Å². The number of rotatable bonds is 5. The molecular formula is C7H10ClNO2S2. The van der Waals surface area contributed by atoms with Crippen molar-refractivity contribution in [3.8, 4) is 0 Å². The number of hydrogen-bond donors (Lipinski definition) is 1. The van der Waals surface area contributed by atoms with E-state index in [-0.39, 0.29) is 5.21 Å². The van der Waals surface area contributed by atoms with E-state index in [1.165, 1.54) is 0 Å². The first-order valence-electron chi connectivity index (χ1n) is 3.68. The SMILES string of the molecule is O=S(=O)(CCl)NCCc1ccsc1.